The number of carbonyl (C=O) groups is 17. The number of nitrogens with two attached hydrogens (primary N) is 10. The summed E-state index contributed by atoms with van der Waals surface area (Å²) in [5.41, 5.74) is 56.3. The topological polar surface area (TPSA) is 995 Å². The van der Waals surface area contributed by atoms with Crippen LogP contribution in [0.5, 0.6) is 5.75 Å². The molecule has 57 nitrogen and oxygen atoms in total. The summed E-state index contributed by atoms with van der Waals surface area (Å²) >= 11 is 0. The smallest absolute Gasteiger partial charge is 0.336 e. The number of unbranched alkanes of at least 4 members (excludes halogenated alkanes) is 2. The number of nitrogens with zero attached hydrogens (tertiary/aromatic N) is 2. The molecule has 57 heteroatoms. The normalized spacial score (nSPS) is 15.1. The molecule has 15 amide bonds. The van der Waals surface area contributed by atoms with Crippen LogP contribution in [0.1, 0.15) is 188 Å². The number of aromatic carboxylic acids is 1. The zero-order valence-electron chi connectivity index (χ0n) is 82.1. The zero-order chi connectivity index (χ0) is 109. The van der Waals surface area contributed by atoms with Gasteiger partial charge in [-0.1, -0.05) is 6.07 Å². The van der Waals surface area contributed by atoms with Crippen LogP contribution in [0.15, 0.2) is 63.8 Å². The molecule has 3 heterocycles. The Bertz CT molecular complexity index is 5430. The number of carbonyl (C=O) groups excluding carboxylic acids is 15. The number of hydrogen-bond acceptors (Lipinski definition) is 29. The van der Waals surface area contributed by atoms with Crippen LogP contribution in [0.3, 0.4) is 0 Å². The number of fused-ring (bicyclic) bond motifs is 2. The quantitative estimate of drug-likeness (QED) is 0.00845. The first-order chi connectivity index (χ1) is 70.3. The van der Waals surface area contributed by atoms with Crippen LogP contribution < -0.4 is 153 Å². The molecular weight excluding hydrogens is 1940 g/mol. The number of aromatic hydroxyl groups is 1. The molecule has 2 aromatic carbocycles. The van der Waals surface area contributed by atoms with Crippen molar-refractivity contribution in [3.05, 3.63) is 75.9 Å². The van der Waals surface area contributed by atoms with E-state index in [4.69, 9.17) is 94.2 Å². The molecule has 0 saturated carbocycles. The predicted octanol–water partition coefficient (Wildman–Crippen LogP) is -8.02. The van der Waals surface area contributed by atoms with Gasteiger partial charge in [0, 0.05) is 99.4 Å². The molecule has 2 fully saturated rings. The molecule has 0 bridgehead atoms. The van der Waals surface area contributed by atoms with Crippen molar-refractivity contribution >= 4 is 147 Å². The highest BCUT2D eigenvalue weighted by atomic mass is 16.4. The van der Waals surface area contributed by atoms with Gasteiger partial charge in [0.1, 0.15) is 89.6 Å². The minimum absolute atomic E-state index is 0.0121. The number of likely N-dealkylation sites (tertiary alicyclic amines) is 2. The van der Waals surface area contributed by atoms with E-state index in [1.54, 1.807) is 0 Å². The van der Waals surface area contributed by atoms with E-state index in [9.17, 15) is 72.9 Å². The van der Waals surface area contributed by atoms with Gasteiger partial charge in [-0.3, -0.25) is 114 Å². The molecule has 46 N–H and O–H groups in total. The third-order valence-corrected chi connectivity index (χ3v) is 24.0. The lowest BCUT2D eigenvalue weighted by Crippen LogP contribution is -2.61. The second-order valence-corrected chi connectivity index (χ2v) is 35.4. The maximum atomic E-state index is 15.1. The van der Waals surface area contributed by atoms with Crippen LogP contribution in [0.25, 0.3) is 33.4 Å². The second-order valence-electron chi connectivity index (χ2n) is 35.4. The molecule has 148 heavy (non-hydrogen) atoms. The second kappa shape index (κ2) is 61.7. The van der Waals surface area contributed by atoms with Gasteiger partial charge in [0.25, 0.3) is 5.91 Å². The molecule has 3 aliphatic heterocycles. The molecule has 1 aliphatic carbocycles. The first kappa shape index (κ1) is 120. The lowest BCUT2D eigenvalue weighted by atomic mass is 9.90. The Morgan fingerprint density at radius 2 is 0.770 bits per heavy atom. The van der Waals surface area contributed by atoms with Gasteiger partial charge in [0.05, 0.1) is 12.1 Å². The third-order valence-electron chi connectivity index (χ3n) is 24.0. The van der Waals surface area contributed by atoms with Crippen molar-refractivity contribution in [1.29, 1.82) is 32.5 Å². The number of rotatable bonds is 64. The molecule has 0 radical (unpaired) electrons. The molecule has 4 aliphatic rings. The maximum Gasteiger partial charge on any atom is 0.336 e. The highest BCUT2D eigenvalue weighted by Crippen LogP contribution is 2.42. The Kier molecular flexibility index (Phi) is 50.1. The van der Waals surface area contributed by atoms with Gasteiger partial charge >= 0.3 is 11.9 Å². The monoisotopic (exact) mass is 2080 g/mol. The van der Waals surface area contributed by atoms with Crippen molar-refractivity contribution in [3.8, 4) is 28.2 Å². The number of phenolic OH excluding ortho intramolecular Hbond substituents is 1. The molecule has 6 rings (SSSR count). The van der Waals surface area contributed by atoms with Crippen LogP contribution in [0.2, 0.25) is 0 Å². The van der Waals surface area contributed by atoms with Crippen molar-refractivity contribution in [1.82, 2.24) is 100 Å². The maximum absolute atomic E-state index is 15.1. The number of amides is 15. The highest BCUT2D eigenvalue weighted by Gasteiger charge is 2.46. The largest absolute Gasteiger partial charge is 0.508 e. The Labute approximate surface area is 850 Å². The third kappa shape index (κ3) is 40.3. The van der Waals surface area contributed by atoms with Crippen LogP contribution in [0.4, 0.5) is 0 Å². The number of aliphatic carboxylic acids is 1. The van der Waals surface area contributed by atoms with Gasteiger partial charge in [0.2, 0.25) is 82.7 Å². The van der Waals surface area contributed by atoms with E-state index in [1.807, 2.05) is 0 Å². The minimum Gasteiger partial charge on any atom is -0.508 e. The fraction of sp³-hybridized carbons (Fsp3) is 0.538. The Morgan fingerprint density at radius 3 is 1.17 bits per heavy atom. The molecule has 812 valence electrons. The van der Waals surface area contributed by atoms with E-state index in [2.05, 4.69) is 90.4 Å². The first-order valence-corrected chi connectivity index (χ1v) is 48.5. The van der Waals surface area contributed by atoms with Crippen LogP contribution >= 0.6 is 0 Å². The fourth-order valence-electron chi connectivity index (χ4n) is 16.5. The molecule has 0 spiro atoms. The summed E-state index contributed by atoms with van der Waals surface area (Å²) < 4.78 is 5.91. The number of guanidine groups is 6. The van der Waals surface area contributed by atoms with Crippen LogP contribution in [-0.4, -0.2) is 306 Å². The molecule has 2 aromatic rings. The van der Waals surface area contributed by atoms with Crippen molar-refractivity contribution in [2.75, 3.05) is 72.0 Å². The fourth-order valence-corrected chi connectivity index (χ4v) is 16.5. The van der Waals surface area contributed by atoms with Gasteiger partial charge in [-0.25, -0.2) is 9.59 Å². The summed E-state index contributed by atoms with van der Waals surface area (Å²) in [6, 6.07) is -6.61. The van der Waals surface area contributed by atoms with E-state index in [0.29, 0.717) is 29.4 Å². The van der Waals surface area contributed by atoms with Crippen LogP contribution in [-0.2, 0) is 71.9 Å². The van der Waals surface area contributed by atoms with E-state index >= 15 is 28.8 Å². The van der Waals surface area contributed by atoms with Crippen molar-refractivity contribution in [3.63, 3.8) is 0 Å². The Morgan fingerprint density at radius 1 is 0.399 bits per heavy atom. The van der Waals surface area contributed by atoms with Gasteiger partial charge in [-0.2, -0.15) is 0 Å². The minimum atomic E-state index is -1.84. The molecule has 0 aromatic heterocycles. The highest BCUT2D eigenvalue weighted by molar-refractivity contribution is 6.11. The van der Waals surface area contributed by atoms with Crippen LogP contribution in [0, 0.1) is 32.5 Å². The van der Waals surface area contributed by atoms with E-state index in [0.717, 1.165) is 6.07 Å². The summed E-state index contributed by atoms with van der Waals surface area (Å²) in [5, 5.41) is 122. The molecule has 12 atom stereocenters. The van der Waals surface area contributed by atoms with Gasteiger partial charge < -0.3 is 172 Å². The summed E-state index contributed by atoms with van der Waals surface area (Å²) in [7, 11) is 0. The van der Waals surface area contributed by atoms with Crippen molar-refractivity contribution in [2.24, 2.45) is 57.3 Å². The number of benzene rings is 3. The number of hydrogen-bond donors (Lipinski definition) is 36. The van der Waals surface area contributed by atoms with E-state index < -0.39 is 234 Å². The van der Waals surface area contributed by atoms with Crippen molar-refractivity contribution in [2.45, 2.75) is 239 Å². The number of phenols is 1. The summed E-state index contributed by atoms with van der Waals surface area (Å²) in [5.74, 6) is -20.1. The number of carboxylic acids is 2. The van der Waals surface area contributed by atoms with Crippen molar-refractivity contribution < 1.29 is 101 Å². The summed E-state index contributed by atoms with van der Waals surface area (Å²) in [4.78, 5) is 254. The first-order valence-electron chi connectivity index (χ1n) is 48.5. The zero-order valence-corrected chi connectivity index (χ0v) is 82.1. The predicted molar refractivity (Wildman–Crippen MR) is 539 cm³/mol. The standard InChI is InChI=1S/C91H141N35O22/c92-33-3-1-13-55(115-73(133)54(114-70(131)46-94)15-9-40-113-91(107)124-72(132)47-23-26-50(53(43-47)84(144)145)71-51-27-24-48(127)44-66(51)148-67-45-49(128)25-28-52(67)71)74(134)116-56(14-2-4-34-93)75(135)117-57(16-5-35-108-86(97)98)76(136)118-59(18-7-37-110-88(101)102)78(138)121-61(29-31-68(95)129)80(140)120-58(17-6-36-109-87(99)100)77(137)119-60(19-8-38-111-89(103)104)79(139)122-62(20-10-39-112-90(105)106)82(142)126-42-12-22-65(126)83(143)125-41-11-21-64(125)81(141)123-63(85(146)147)30-32-69(96)130/h23-28,43-45,54-65,127H,1-22,29-42,46,92-94H2,(H2,95,129)(H2,96,130)(H,114,131)(H,115,133)(H,116,134)(H,117,135)(H,118,136)(H,119,137)(H,120,140)(H,121,138)(H,122,139)(H,123,141)(H,144,145)(H,146,147)(H4,97,98,108)(H4,99,100,109)(H4,101,102,110)(H4,103,104,111)(H4,105,106,112)(H3,107,113,124,132)/t54-,55-,56-,57-,58-,59-,60-,61-,62-,63-,64-,65-/m0/s1. The average Bonchev–Trinajstić information content (AvgIpc) is 0.900. The molecule has 0 unspecified atom stereocenters. The number of nitrogens with one attached hydrogen (secondary N) is 23. The number of carboxylic acid groups (broad SMARTS) is 2. The number of primary amides is 2. The Balaban J connectivity index is 1.23. The van der Waals surface area contributed by atoms with E-state index in [1.165, 1.54) is 58.3 Å². The van der Waals surface area contributed by atoms with E-state index in [-0.39, 0.29) is 240 Å². The van der Waals surface area contributed by atoms with Gasteiger partial charge in [-0.15, -0.1) is 0 Å². The molecular formula is C91H141N35O22. The lowest BCUT2D eigenvalue weighted by molar-refractivity contribution is -0.149. The summed E-state index contributed by atoms with van der Waals surface area (Å²) in [6.07, 6.45) is -2.27. The Hall–Kier alpha value is -16.4. The average molecular weight is 2080 g/mol. The summed E-state index contributed by atoms with van der Waals surface area (Å²) in [6.45, 7) is -0.874. The SMILES string of the molecule is N=C(N)NCCC[C@H](NC(=O)[C@H](CCCCN)NC(=O)[C@H](CCCCN)NC(=O)[C@H](CCCNC(=N)NC(=O)c1ccc(-c2c3ccc(=O)cc-3oc3cc(O)ccc23)c(C(=O)O)c1)NC(=O)CN)C(=O)N[C@@H](CCCNC(=N)N)C(=O)N[C@@H](CCC(N)=O)C(=O)N[C@@H](CCCNC(=N)N)C(=O)N[C@@H](CCCNC(=N)N)C(=O)N[C@@H](CCCNC(=N)N)C(=O)N1CCC[C@H]1C(=O)N1CCC[C@H]1C(=O)N[C@@H](CCC(N)=O)C(=O)O. The lowest BCUT2D eigenvalue weighted by Gasteiger charge is -2.33. The van der Waals surface area contributed by atoms with Gasteiger partial charge in [-0.05, 0) is 209 Å². The molecule has 2 saturated heterocycles. The van der Waals surface area contributed by atoms with Gasteiger partial charge in [0.15, 0.2) is 41.2 Å².